The van der Waals surface area contributed by atoms with Crippen LogP contribution in [0, 0.1) is 5.92 Å². The molecule has 0 aliphatic carbocycles. The first-order valence-electron chi connectivity index (χ1n) is 11.7. The number of urea groups is 1. The van der Waals surface area contributed by atoms with Crippen LogP contribution < -0.4 is 10.6 Å². The number of carbonyl (C=O) groups is 3. The molecule has 8 nitrogen and oxygen atoms in total. The van der Waals surface area contributed by atoms with Crippen molar-refractivity contribution in [3.8, 4) is 0 Å². The molecule has 0 saturated heterocycles. The van der Waals surface area contributed by atoms with Crippen LogP contribution in [0.5, 0.6) is 0 Å². The van der Waals surface area contributed by atoms with Gasteiger partial charge in [-0.05, 0) is 31.6 Å². The van der Waals surface area contributed by atoms with Crippen molar-refractivity contribution in [3.05, 3.63) is 59.3 Å². The summed E-state index contributed by atoms with van der Waals surface area (Å²) in [6, 6.07) is 2.04. The Labute approximate surface area is 208 Å². The maximum absolute atomic E-state index is 13.8. The van der Waals surface area contributed by atoms with Crippen LogP contribution in [0.4, 0.5) is 18.0 Å². The first-order chi connectivity index (χ1) is 16.9. The molecule has 3 rings (SSSR count). The Morgan fingerprint density at radius 3 is 2.53 bits per heavy atom. The van der Waals surface area contributed by atoms with Crippen molar-refractivity contribution in [1.29, 1.82) is 0 Å². The van der Waals surface area contributed by atoms with Gasteiger partial charge in [0.1, 0.15) is 6.04 Å². The van der Waals surface area contributed by atoms with Gasteiger partial charge in [-0.3, -0.25) is 14.5 Å². The van der Waals surface area contributed by atoms with Crippen molar-refractivity contribution in [2.24, 2.45) is 5.92 Å². The molecule has 2 atom stereocenters. The topological polar surface area (TPSA) is 85.0 Å². The number of nitrogens with one attached hydrogen (secondary N) is 2. The van der Waals surface area contributed by atoms with E-state index >= 15 is 0 Å². The van der Waals surface area contributed by atoms with Crippen LogP contribution in [0.2, 0.25) is 0 Å². The maximum atomic E-state index is 13.8. The molecule has 0 aromatic heterocycles. The zero-order valence-electron chi connectivity index (χ0n) is 20.9. The lowest BCUT2D eigenvalue weighted by Gasteiger charge is -2.33. The fraction of sp³-hybridized carbons (Fsp3) is 0.480. The van der Waals surface area contributed by atoms with Crippen LogP contribution in [0.15, 0.2) is 48.2 Å². The van der Waals surface area contributed by atoms with E-state index in [2.05, 4.69) is 17.2 Å². The normalized spacial score (nSPS) is 19.1. The Morgan fingerprint density at radius 2 is 1.94 bits per heavy atom. The van der Waals surface area contributed by atoms with Crippen molar-refractivity contribution in [2.75, 3.05) is 40.3 Å². The molecule has 2 aliphatic heterocycles. The van der Waals surface area contributed by atoms with Gasteiger partial charge in [0.25, 0.3) is 5.91 Å². The highest BCUT2D eigenvalue weighted by molar-refractivity contribution is 6.03. The minimum Gasteiger partial charge on any atom is -0.353 e. The number of likely N-dealkylation sites (N-methyl/N-ethyl adjacent to an activating group) is 1. The Kier molecular flexibility index (Phi) is 8.12. The first-order valence-corrected chi connectivity index (χ1v) is 11.7. The van der Waals surface area contributed by atoms with E-state index < -0.39 is 35.8 Å². The van der Waals surface area contributed by atoms with E-state index in [1.165, 1.54) is 34.1 Å². The standard InChI is InChI=1S/C25H32F3N5O3/c1-6-12-32-18-14-33(21(15(2)3)22(34)29-11-13-31(4)5)23(35)19(18)20(30-24(32)36)16-9-7-8-10-17(16)25(26,27)28/h6-10,15,20-21H,1,11-14H2,2-5H3,(H,29,34)(H,30,36)/t20-,21-/m0/s1. The van der Waals surface area contributed by atoms with Gasteiger partial charge in [-0.25, -0.2) is 4.79 Å². The number of hydrogen-bond donors (Lipinski definition) is 2. The van der Waals surface area contributed by atoms with E-state index in [0.717, 1.165) is 6.07 Å². The molecule has 4 amide bonds. The van der Waals surface area contributed by atoms with Gasteiger partial charge in [-0.1, -0.05) is 38.1 Å². The number of alkyl halides is 3. The molecule has 0 unspecified atom stereocenters. The van der Waals surface area contributed by atoms with E-state index in [1.807, 2.05) is 19.0 Å². The molecule has 2 N–H and O–H groups in total. The van der Waals surface area contributed by atoms with E-state index in [4.69, 9.17) is 0 Å². The summed E-state index contributed by atoms with van der Waals surface area (Å²) in [7, 11) is 3.73. The number of rotatable bonds is 9. The lowest BCUT2D eigenvalue weighted by atomic mass is 9.91. The number of hydrogen-bond acceptors (Lipinski definition) is 4. The third-order valence-electron chi connectivity index (χ3n) is 6.23. The van der Waals surface area contributed by atoms with Gasteiger partial charge in [-0.2, -0.15) is 13.2 Å². The molecule has 11 heteroatoms. The molecule has 0 radical (unpaired) electrons. The quantitative estimate of drug-likeness (QED) is 0.504. The van der Waals surface area contributed by atoms with Crippen LogP contribution >= 0.6 is 0 Å². The summed E-state index contributed by atoms with van der Waals surface area (Å²) in [6.45, 7) is 8.18. The van der Waals surface area contributed by atoms with Crippen LogP contribution in [0.25, 0.3) is 0 Å². The Morgan fingerprint density at radius 1 is 1.28 bits per heavy atom. The molecule has 36 heavy (non-hydrogen) atoms. The predicted molar refractivity (Wildman–Crippen MR) is 129 cm³/mol. The summed E-state index contributed by atoms with van der Waals surface area (Å²) in [5.41, 5.74) is -0.861. The smallest absolute Gasteiger partial charge is 0.353 e. The second-order valence-corrected chi connectivity index (χ2v) is 9.44. The minimum absolute atomic E-state index is 0.0277. The van der Waals surface area contributed by atoms with Gasteiger partial charge in [-0.15, -0.1) is 6.58 Å². The Hall–Kier alpha value is -3.34. The third kappa shape index (κ3) is 5.40. The molecule has 1 aromatic carbocycles. The number of amides is 4. The van der Waals surface area contributed by atoms with Crippen molar-refractivity contribution in [1.82, 2.24) is 25.3 Å². The van der Waals surface area contributed by atoms with Crippen LogP contribution in [-0.2, 0) is 15.8 Å². The summed E-state index contributed by atoms with van der Waals surface area (Å²) < 4.78 is 41.5. The highest BCUT2D eigenvalue weighted by atomic mass is 19.4. The maximum Gasteiger partial charge on any atom is 0.416 e. The minimum atomic E-state index is -4.69. The molecule has 0 fully saturated rings. The second-order valence-electron chi connectivity index (χ2n) is 9.44. The van der Waals surface area contributed by atoms with Crippen molar-refractivity contribution < 1.29 is 27.6 Å². The highest BCUT2D eigenvalue weighted by Gasteiger charge is 2.49. The lowest BCUT2D eigenvalue weighted by molar-refractivity contribution is -0.139. The summed E-state index contributed by atoms with van der Waals surface area (Å²) >= 11 is 0. The average molecular weight is 508 g/mol. The summed E-state index contributed by atoms with van der Waals surface area (Å²) in [4.78, 5) is 44.4. The first kappa shape index (κ1) is 27.3. The Bertz CT molecular complexity index is 1070. The molecule has 196 valence electrons. The van der Waals surface area contributed by atoms with E-state index in [-0.39, 0.29) is 41.7 Å². The van der Waals surface area contributed by atoms with Gasteiger partial charge < -0.3 is 20.4 Å². The SMILES string of the molecule is C=CCN1C(=O)N[C@@H](c2ccccc2C(F)(F)F)C2=C1CN([C@H](C(=O)NCCN(C)C)C(C)C)C2=O. The molecule has 2 aliphatic rings. The molecule has 0 spiro atoms. The number of nitrogens with zero attached hydrogens (tertiary/aromatic N) is 3. The van der Waals surface area contributed by atoms with E-state index in [1.54, 1.807) is 13.8 Å². The van der Waals surface area contributed by atoms with Gasteiger partial charge >= 0.3 is 12.2 Å². The summed E-state index contributed by atoms with van der Waals surface area (Å²) in [5, 5.41) is 5.41. The van der Waals surface area contributed by atoms with Crippen molar-refractivity contribution in [3.63, 3.8) is 0 Å². The van der Waals surface area contributed by atoms with Crippen LogP contribution in [0.1, 0.15) is 31.0 Å². The molecule has 0 bridgehead atoms. The summed E-state index contributed by atoms with van der Waals surface area (Å²) in [6.07, 6.45) is -3.22. The van der Waals surface area contributed by atoms with Gasteiger partial charge in [0.05, 0.1) is 29.4 Å². The van der Waals surface area contributed by atoms with E-state index in [0.29, 0.717) is 13.1 Å². The fourth-order valence-corrected chi connectivity index (χ4v) is 4.61. The molecule has 2 heterocycles. The van der Waals surface area contributed by atoms with E-state index in [9.17, 15) is 27.6 Å². The number of carbonyl (C=O) groups excluding carboxylic acids is 3. The zero-order chi connectivity index (χ0) is 26.8. The summed E-state index contributed by atoms with van der Waals surface area (Å²) in [5.74, 6) is -1.23. The van der Waals surface area contributed by atoms with Gasteiger partial charge in [0.2, 0.25) is 5.91 Å². The number of halogens is 3. The monoisotopic (exact) mass is 507 g/mol. The zero-order valence-corrected chi connectivity index (χ0v) is 20.9. The average Bonchev–Trinajstić information content (AvgIpc) is 3.11. The highest BCUT2D eigenvalue weighted by Crippen LogP contribution is 2.42. The van der Waals surface area contributed by atoms with Crippen molar-refractivity contribution >= 4 is 17.8 Å². The molecule has 0 saturated carbocycles. The lowest BCUT2D eigenvalue weighted by Crippen LogP contribution is -2.52. The molecular formula is C25H32F3N5O3. The largest absolute Gasteiger partial charge is 0.416 e. The molecular weight excluding hydrogens is 475 g/mol. The second kappa shape index (κ2) is 10.7. The Balaban J connectivity index is 2.04. The fourth-order valence-electron chi connectivity index (χ4n) is 4.61. The van der Waals surface area contributed by atoms with Gasteiger partial charge in [0, 0.05) is 19.6 Å². The molecule has 1 aromatic rings. The predicted octanol–water partition coefficient (Wildman–Crippen LogP) is 2.76. The van der Waals surface area contributed by atoms with Crippen LogP contribution in [-0.4, -0.2) is 78.9 Å². The van der Waals surface area contributed by atoms with Crippen molar-refractivity contribution in [2.45, 2.75) is 32.1 Å². The van der Waals surface area contributed by atoms with Gasteiger partial charge in [0.15, 0.2) is 0 Å². The van der Waals surface area contributed by atoms with Crippen LogP contribution in [0.3, 0.4) is 0 Å². The number of benzene rings is 1. The third-order valence-corrected chi connectivity index (χ3v) is 6.23.